The highest BCUT2D eigenvalue weighted by Gasteiger charge is 2.32. The van der Waals surface area contributed by atoms with Gasteiger partial charge in [-0.15, -0.1) is 0 Å². The summed E-state index contributed by atoms with van der Waals surface area (Å²) >= 11 is 0. The van der Waals surface area contributed by atoms with Gasteiger partial charge in [0.25, 0.3) is 0 Å². The third-order valence-electron chi connectivity index (χ3n) is 11.5. The van der Waals surface area contributed by atoms with Crippen molar-refractivity contribution in [3.8, 4) is 69.0 Å². The molecule has 0 aliphatic heterocycles. The molecule has 0 saturated heterocycles. The van der Waals surface area contributed by atoms with E-state index < -0.39 is 11.7 Å². The van der Waals surface area contributed by atoms with Crippen LogP contribution in [0.2, 0.25) is 0 Å². The number of nitrogens with zero attached hydrogens (tertiary/aromatic N) is 6. The van der Waals surface area contributed by atoms with Gasteiger partial charge in [0.2, 0.25) is 0 Å². The lowest BCUT2D eigenvalue weighted by atomic mass is 9.94. The van der Waals surface area contributed by atoms with Gasteiger partial charge in [-0.3, -0.25) is 0 Å². The Morgan fingerprint density at radius 1 is 0.371 bits per heavy atom. The number of rotatable bonds is 5. The third-order valence-corrected chi connectivity index (χ3v) is 11.5. The van der Waals surface area contributed by atoms with E-state index >= 15 is 0 Å². The van der Waals surface area contributed by atoms with Gasteiger partial charge in [-0.1, -0.05) is 72.8 Å². The highest BCUT2D eigenvalue weighted by Crippen LogP contribution is 2.43. The monoisotopic (exact) mass is 804 g/mol. The minimum absolute atomic E-state index is 0.0823. The molecule has 62 heavy (non-hydrogen) atoms. The summed E-state index contributed by atoms with van der Waals surface area (Å²) in [5, 5.41) is 43.2. The predicted octanol–water partition coefficient (Wildman–Crippen LogP) is 13.4. The molecule has 10 rings (SSSR count). The van der Waals surface area contributed by atoms with E-state index in [1.54, 1.807) is 36.4 Å². The number of para-hydroxylation sites is 2. The topological polar surface area (TPSA) is 105 Å². The molecule has 0 spiro atoms. The molecule has 0 aliphatic carbocycles. The van der Waals surface area contributed by atoms with E-state index in [4.69, 9.17) is 0 Å². The zero-order valence-corrected chi connectivity index (χ0v) is 32.4. The van der Waals surface area contributed by atoms with Gasteiger partial charge in [0.1, 0.15) is 0 Å². The van der Waals surface area contributed by atoms with E-state index in [1.807, 2.05) is 103 Å². The van der Waals surface area contributed by atoms with Crippen LogP contribution in [0.5, 0.6) is 0 Å². The van der Waals surface area contributed by atoms with Gasteiger partial charge < -0.3 is 9.13 Å². The number of benzene rings is 8. The molecule has 0 atom stereocenters. The zero-order valence-electron chi connectivity index (χ0n) is 32.4. The van der Waals surface area contributed by atoms with Gasteiger partial charge in [-0.05, 0) is 119 Å². The van der Waals surface area contributed by atoms with Crippen molar-refractivity contribution >= 4 is 43.6 Å². The lowest BCUT2D eigenvalue weighted by molar-refractivity contribution is -0.137. The van der Waals surface area contributed by atoms with E-state index in [9.17, 15) is 34.2 Å². The number of hydrogen-bond acceptors (Lipinski definition) is 4. The fraction of sp³-hybridized carbons (Fsp3) is 0.0189. The molecule has 10 aromatic rings. The number of nitriles is 4. The van der Waals surface area contributed by atoms with E-state index in [-0.39, 0.29) is 22.3 Å². The van der Waals surface area contributed by atoms with Crippen LogP contribution in [0, 0.1) is 45.3 Å². The largest absolute Gasteiger partial charge is 0.416 e. The number of fused-ring (bicyclic) bond motifs is 6. The van der Waals surface area contributed by atoms with Crippen molar-refractivity contribution in [3.63, 3.8) is 0 Å². The molecule has 0 bridgehead atoms. The molecule has 0 unspecified atom stereocenters. The van der Waals surface area contributed by atoms with Crippen LogP contribution in [0.3, 0.4) is 0 Å². The number of hydrogen-bond donors (Lipinski definition) is 0. The Morgan fingerprint density at radius 2 is 0.823 bits per heavy atom. The molecule has 0 fully saturated rings. The van der Waals surface area contributed by atoms with Gasteiger partial charge in [-0.25, -0.2) is 0 Å². The van der Waals surface area contributed by atoms with E-state index in [2.05, 4.69) is 39.5 Å². The van der Waals surface area contributed by atoms with Gasteiger partial charge in [0.05, 0.1) is 85.5 Å². The molecule has 0 N–H and O–H groups in total. The fourth-order valence-corrected chi connectivity index (χ4v) is 8.58. The first-order valence-electron chi connectivity index (χ1n) is 19.5. The smallest absolute Gasteiger partial charge is 0.307 e. The Kier molecular flexibility index (Phi) is 8.70. The molecule has 9 heteroatoms. The first kappa shape index (κ1) is 37.4. The Labute approximate surface area is 352 Å². The minimum Gasteiger partial charge on any atom is -0.307 e. The summed E-state index contributed by atoms with van der Waals surface area (Å²) in [6.45, 7) is 0. The average molecular weight is 805 g/mol. The van der Waals surface area contributed by atoms with Crippen LogP contribution in [0.1, 0.15) is 27.8 Å². The summed E-state index contributed by atoms with van der Waals surface area (Å²) in [5.74, 6) is 0. The Bertz CT molecular complexity index is 3660. The molecule has 0 amide bonds. The molecular formula is C53H27F3N6. The third kappa shape index (κ3) is 6.09. The maximum atomic E-state index is 14.3. The normalized spacial score (nSPS) is 11.4. The van der Waals surface area contributed by atoms with Crippen molar-refractivity contribution in [1.82, 2.24) is 9.13 Å². The summed E-state index contributed by atoms with van der Waals surface area (Å²) in [5.41, 5.74) is 8.59. The lowest BCUT2D eigenvalue weighted by Crippen LogP contribution is -2.07. The van der Waals surface area contributed by atoms with Crippen LogP contribution < -0.4 is 0 Å². The van der Waals surface area contributed by atoms with Crippen molar-refractivity contribution in [2.75, 3.05) is 0 Å². The van der Waals surface area contributed by atoms with Crippen molar-refractivity contribution in [2.24, 2.45) is 0 Å². The van der Waals surface area contributed by atoms with Crippen LogP contribution in [0.25, 0.3) is 88.4 Å². The number of halogens is 3. The highest BCUT2D eigenvalue weighted by atomic mass is 19.4. The first-order chi connectivity index (χ1) is 30.2. The van der Waals surface area contributed by atoms with Crippen molar-refractivity contribution in [2.45, 2.75) is 6.18 Å². The SMILES string of the molecule is N#Cc1ccc(-c2ccc3c(c2)c2ccccc2n3-c2cc(C#N)c(-c3cc(C#N)cc(C(F)(F)F)c3)cc2-n2c3ccccc3c3cc(-c4ccc(C#N)cc4)ccc32)cc1. The van der Waals surface area contributed by atoms with Crippen LogP contribution in [0.4, 0.5) is 13.2 Å². The summed E-state index contributed by atoms with van der Waals surface area (Å²) in [6, 6.07) is 58.0. The maximum Gasteiger partial charge on any atom is 0.416 e. The number of alkyl halides is 3. The lowest BCUT2D eigenvalue weighted by Gasteiger charge is -2.20. The fourth-order valence-electron chi connectivity index (χ4n) is 8.58. The van der Waals surface area contributed by atoms with Gasteiger partial charge in [0, 0.05) is 27.1 Å². The Morgan fingerprint density at radius 3 is 1.29 bits per heavy atom. The van der Waals surface area contributed by atoms with Gasteiger partial charge in [-0.2, -0.15) is 34.2 Å². The van der Waals surface area contributed by atoms with Crippen LogP contribution >= 0.6 is 0 Å². The second-order valence-corrected chi connectivity index (χ2v) is 15.0. The summed E-state index contributed by atoms with van der Waals surface area (Å²) in [6.07, 6.45) is -4.74. The second-order valence-electron chi connectivity index (χ2n) is 15.0. The summed E-state index contributed by atoms with van der Waals surface area (Å²) < 4.78 is 47.2. The summed E-state index contributed by atoms with van der Waals surface area (Å²) in [4.78, 5) is 0. The van der Waals surface area contributed by atoms with Gasteiger partial charge in [0.15, 0.2) is 0 Å². The molecular weight excluding hydrogens is 778 g/mol. The standard InChI is InChI=1S/C53H27F3N6/c54-53(55,56)41-22-34(30-59)21-39(23-41)44-27-52(62-48-8-4-2-6-43(48)46-25-38(18-20-50(46)62)36-15-11-33(29-58)12-16-36)51(26-40(44)31-60)61-47-7-3-1-5-42(47)45-24-37(17-19-49(45)61)35-13-9-32(28-57)10-14-35/h1-27H. The molecule has 6 nitrogen and oxygen atoms in total. The van der Waals surface area contributed by atoms with Crippen LogP contribution in [-0.2, 0) is 6.18 Å². The van der Waals surface area contributed by atoms with Crippen molar-refractivity contribution in [3.05, 3.63) is 192 Å². The zero-order chi connectivity index (χ0) is 42.7. The molecule has 0 aliphatic rings. The van der Waals surface area contributed by atoms with E-state index in [1.165, 1.54) is 6.07 Å². The summed E-state index contributed by atoms with van der Waals surface area (Å²) in [7, 11) is 0. The average Bonchev–Trinajstić information content (AvgIpc) is 3.82. The van der Waals surface area contributed by atoms with E-state index in [0.717, 1.165) is 78.0 Å². The second kappa shape index (κ2) is 14.4. The Balaban J connectivity index is 1.31. The number of aromatic nitrogens is 2. The predicted molar refractivity (Wildman–Crippen MR) is 235 cm³/mol. The quantitative estimate of drug-likeness (QED) is 0.173. The maximum absolute atomic E-state index is 14.3. The van der Waals surface area contributed by atoms with Gasteiger partial charge >= 0.3 is 6.18 Å². The molecule has 8 aromatic carbocycles. The van der Waals surface area contributed by atoms with Crippen LogP contribution in [0.15, 0.2) is 164 Å². The van der Waals surface area contributed by atoms with Crippen molar-refractivity contribution in [1.29, 1.82) is 21.0 Å². The molecule has 0 saturated carbocycles. The minimum atomic E-state index is -4.74. The van der Waals surface area contributed by atoms with E-state index in [0.29, 0.717) is 22.5 Å². The molecule has 2 heterocycles. The Hall–Kier alpha value is -8.89. The molecule has 290 valence electrons. The highest BCUT2D eigenvalue weighted by molar-refractivity contribution is 6.13. The van der Waals surface area contributed by atoms with Crippen LogP contribution in [-0.4, -0.2) is 9.13 Å². The molecule has 2 aromatic heterocycles. The van der Waals surface area contributed by atoms with Crippen molar-refractivity contribution < 1.29 is 13.2 Å². The molecule has 0 radical (unpaired) electrons. The first-order valence-corrected chi connectivity index (χ1v) is 19.5.